The van der Waals surface area contributed by atoms with Crippen LogP contribution in [0.25, 0.3) is 22.3 Å². The maximum absolute atomic E-state index is 13.6. The summed E-state index contributed by atoms with van der Waals surface area (Å²) in [5.41, 5.74) is 2.54. The highest BCUT2D eigenvalue weighted by Gasteiger charge is 2.11. The highest BCUT2D eigenvalue weighted by atomic mass is 19.1. The van der Waals surface area contributed by atoms with Crippen LogP contribution in [-0.2, 0) is 0 Å². The minimum atomic E-state index is -0.718. The Morgan fingerprint density at radius 2 is 1.00 bits per heavy atom. The molecule has 0 unspecified atom stereocenters. The molecule has 23 heavy (non-hydrogen) atoms. The molecule has 0 radical (unpaired) electrons. The van der Waals surface area contributed by atoms with E-state index in [1.807, 2.05) is 0 Å². The maximum atomic E-state index is 13.6. The van der Waals surface area contributed by atoms with Crippen LogP contribution in [0.5, 0.6) is 11.5 Å². The summed E-state index contributed by atoms with van der Waals surface area (Å²) in [6.07, 6.45) is 0. The largest absolute Gasteiger partial charge is 0.505 e. The third kappa shape index (κ3) is 3.16. The summed E-state index contributed by atoms with van der Waals surface area (Å²) in [7, 11) is 0. The molecule has 0 amide bonds. The summed E-state index contributed by atoms with van der Waals surface area (Å²) in [6.45, 7) is 0. The quantitative estimate of drug-likeness (QED) is 0.669. The van der Waals surface area contributed by atoms with E-state index in [-0.39, 0.29) is 7.43 Å². The Hall–Kier alpha value is -2.88. The molecule has 0 spiro atoms. The Morgan fingerprint density at radius 3 is 1.35 bits per heavy atom. The molecule has 0 fully saturated rings. The Bertz CT molecular complexity index is 774. The molecular formula is C19H16F2O2. The zero-order valence-electron chi connectivity index (χ0n) is 11.4. The fourth-order valence-corrected chi connectivity index (χ4v) is 2.34. The number of benzene rings is 3. The number of hydrogen-bond acceptors (Lipinski definition) is 2. The van der Waals surface area contributed by atoms with E-state index in [1.54, 1.807) is 36.4 Å². The molecule has 0 saturated carbocycles. The van der Waals surface area contributed by atoms with Gasteiger partial charge in [0.15, 0.2) is 23.1 Å². The van der Waals surface area contributed by atoms with Gasteiger partial charge < -0.3 is 10.2 Å². The van der Waals surface area contributed by atoms with Gasteiger partial charge in [0.2, 0.25) is 0 Å². The van der Waals surface area contributed by atoms with Gasteiger partial charge in [0.05, 0.1) is 0 Å². The maximum Gasteiger partial charge on any atom is 0.165 e. The SMILES string of the molecule is C.Oc1ccc(-c2ccccc2-c2ccc(O)c(F)c2)cc1F. The van der Waals surface area contributed by atoms with Crippen molar-refractivity contribution in [1.82, 2.24) is 0 Å². The molecule has 0 aliphatic carbocycles. The fraction of sp³-hybridized carbons (Fsp3) is 0.0526. The van der Waals surface area contributed by atoms with Gasteiger partial charge in [-0.2, -0.15) is 0 Å². The average Bonchev–Trinajstić information content (AvgIpc) is 2.53. The van der Waals surface area contributed by atoms with Gasteiger partial charge in [-0.15, -0.1) is 0 Å². The minimum absolute atomic E-state index is 0. The van der Waals surface area contributed by atoms with E-state index < -0.39 is 23.1 Å². The highest BCUT2D eigenvalue weighted by Crippen LogP contribution is 2.34. The van der Waals surface area contributed by atoms with Gasteiger partial charge in [-0.25, -0.2) is 8.78 Å². The molecule has 0 aromatic heterocycles. The van der Waals surface area contributed by atoms with Crippen LogP contribution in [0, 0.1) is 11.6 Å². The second-order valence-corrected chi connectivity index (χ2v) is 4.88. The molecule has 0 aliphatic heterocycles. The molecular weight excluding hydrogens is 298 g/mol. The number of hydrogen-bond donors (Lipinski definition) is 2. The first-order chi connectivity index (χ1) is 10.6. The molecule has 0 aliphatic rings. The highest BCUT2D eigenvalue weighted by molar-refractivity contribution is 5.83. The first-order valence-corrected chi connectivity index (χ1v) is 6.63. The van der Waals surface area contributed by atoms with Crippen molar-refractivity contribution in [2.45, 2.75) is 7.43 Å². The summed E-state index contributed by atoms with van der Waals surface area (Å²) < 4.78 is 27.1. The molecule has 0 atom stereocenters. The number of aromatic hydroxyl groups is 2. The number of rotatable bonds is 2. The van der Waals surface area contributed by atoms with E-state index in [9.17, 15) is 19.0 Å². The van der Waals surface area contributed by atoms with E-state index in [0.717, 1.165) is 0 Å². The van der Waals surface area contributed by atoms with E-state index in [0.29, 0.717) is 22.3 Å². The van der Waals surface area contributed by atoms with Crippen molar-refractivity contribution in [3.63, 3.8) is 0 Å². The number of phenols is 2. The zero-order chi connectivity index (χ0) is 15.7. The molecule has 0 heterocycles. The summed E-state index contributed by atoms with van der Waals surface area (Å²) in [6, 6.07) is 15.3. The van der Waals surface area contributed by atoms with Crippen LogP contribution in [-0.4, -0.2) is 10.2 Å². The molecule has 3 aromatic rings. The molecule has 2 N–H and O–H groups in total. The van der Waals surface area contributed by atoms with E-state index >= 15 is 0 Å². The van der Waals surface area contributed by atoms with Gasteiger partial charge in [0.1, 0.15) is 0 Å². The first kappa shape index (κ1) is 16.5. The molecule has 3 rings (SSSR count). The summed E-state index contributed by atoms with van der Waals surface area (Å²) in [4.78, 5) is 0. The third-order valence-electron chi connectivity index (χ3n) is 3.44. The Balaban J connectivity index is 0.00000192. The van der Waals surface area contributed by atoms with Crippen molar-refractivity contribution >= 4 is 0 Å². The van der Waals surface area contributed by atoms with Crippen molar-refractivity contribution in [3.8, 4) is 33.8 Å². The average molecular weight is 314 g/mol. The minimum Gasteiger partial charge on any atom is -0.505 e. The monoisotopic (exact) mass is 314 g/mol. The van der Waals surface area contributed by atoms with Crippen molar-refractivity contribution < 1.29 is 19.0 Å². The van der Waals surface area contributed by atoms with Gasteiger partial charge in [0, 0.05) is 0 Å². The zero-order valence-corrected chi connectivity index (χ0v) is 11.4. The Morgan fingerprint density at radius 1 is 0.609 bits per heavy atom. The molecule has 4 heteroatoms. The smallest absolute Gasteiger partial charge is 0.165 e. The summed E-state index contributed by atoms with van der Waals surface area (Å²) in [5.74, 6) is -2.28. The lowest BCUT2D eigenvalue weighted by Gasteiger charge is -2.11. The van der Waals surface area contributed by atoms with Gasteiger partial charge in [-0.05, 0) is 46.5 Å². The molecule has 118 valence electrons. The fourth-order valence-electron chi connectivity index (χ4n) is 2.34. The summed E-state index contributed by atoms with van der Waals surface area (Å²) in [5, 5.41) is 18.6. The van der Waals surface area contributed by atoms with Crippen LogP contribution >= 0.6 is 0 Å². The van der Waals surface area contributed by atoms with Crippen molar-refractivity contribution in [2.75, 3.05) is 0 Å². The molecule has 2 nitrogen and oxygen atoms in total. The van der Waals surface area contributed by atoms with Crippen molar-refractivity contribution in [2.24, 2.45) is 0 Å². The normalized spacial score (nSPS) is 10.2. The predicted molar refractivity (Wildman–Crippen MR) is 87.3 cm³/mol. The predicted octanol–water partition coefficient (Wildman–Crippen LogP) is 5.35. The van der Waals surface area contributed by atoms with Crippen LogP contribution in [0.15, 0.2) is 60.7 Å². The van der Waals surface area contributed by atoms with Gasteiger partial charge in [0.25, 0.3) is 0 Å². The summed E-state index contributed by atoms with van der Waals surface area (Å²) >= 11 is 0. The van der Waals surface area contributed by atoms with Gasteiger partial charge in [-0.1, -0.05) is 43.8 Å². The third-order valence-corrected chi connectivity index (χ3v) is 3.44. The molecule has 0 saturated heterocycles. The van der Waals surface area contributed by atoms with E-state index in [4.69, 9.17) is 0 Å². The van der Waals surface area contributed by atoms with Crippen LogP contribution in [0.2, 0.25) is 0 Å². The number of halogens is 2. The Kier molecular flexibility index (Phi) is 4.65. The molecule has 3 aromatic carbocycles. The topological polar surface area (TPSA) is 40.5 Å². The first-order valence-electron chi connectivity index (χ1n) is 6.63. The second-order valence-electron chi connectivity index (χ2n) is 4.88. The van der Waals surface area contributed by atoms with Crippen LogP contribution < -0.4 is 0 Å². The van der Waals surface area contributed by atoms with Crippen LogP contribution in [0.4, 0.5) is 8.78 Å². The van der Waals surface area contributed by atoms with Crippen LogP contribution in [0.3, 0.4) is 0 Å². The lowest BCUT2D eigenvalue weighted by molar-refractivity contribution is 0.432. The lowest BCUT2D eigenvalue weighted by Crippen LogP contribution is -1.87. The number of phenolic OH excluding ortho intramolecular Hbond substituents is 2. The molecule has 0 bridgehead atoms. The van der Waals surface area contributed by atoms with E-state index in [2.05, 4.69) is 0 Å². The Labute approximate surface area is 133 Å². The standard InChI is InChI=1S/C18H12F2O2.CH4/c19-15-9-11(5-7-17(15)21)13-3-1-2-4-14(13)12-6-8-18(22)16(20)10-12;/h1-10,21-22H;1H4. The van der Waals surface area contributed by atoms with Gasteiger partial charge in [-0.3, -0.25) is 0 Å². The van der Waals surface area contributed by atoms with Gasteiger partial charge >= 0.3 is 0 Å². The second kappa shape index (κ2) is 6.48. The van der Waals surface area contributed by atoms with Crippen LogP contribution in [0.1, 0.15) is 7.43 Å². The van der Waals surface area contributed by atoms with Crippen molar-refractivity contribution in [1.29, 1.82) is 0 Å². The lowest BCUT2D eigenvalue weighted by atomic mass is 9.94. The van der Waals surface area contributed by atoms with E-state index in [1.165, 1.54) is 24.3 Å². The van der Waals surface area contributed by atoms with Crippen molar-refractivity contribution in [3.05, 3.63) is 72.3 Å².